The minimum atomic E-state index is 0.232. The summed E-state index contributed by atoms with van der Waals surface area (Å²) in [5.74, 6) is 0.606. The molecule has 0 saturated carbocycles. The molecule has 0 aliphatic heterocycles. The van der Waals surface area contributed by atoms with Gasteiger partial charge in [0.05, 0.1) is 12.7 Å². The molecule has 0 aromatic carbocycles. The van der Waals surface area contributed by atoms with Gasteiger partial charge in [-0.3, -0.25) is 0 Å². The van der Waals surface area contributed by atoms with Crippen LogP contribution in [0.1, 0.15) is 98.3 Å². The molecule has 1 atom stereocenters. The number of rotatable bonds is 17. The molecule has 0 rings (SSSR count). The molecule has 0 aromatic heterocycles. The van der Waals surface area contributed by atoms with Crippen LogP contribution < -0.4 is 0 Å². The van der Waals surface area contributed by atoms with Crippen LogP contribution in [0.5, 0.6) is 0 Å². The number of unbranched alkanes of at least 4 members (excludes halogenated alkanes) is 10. The maximum absolute atomic E-state index is 5.69. The van der Waals surface area contributed by atoms with Crippen molar-refractivity contribution < 1.29 is 9.47 Å². The highest BCUT2D eigenvalue weighted by Crippen LogP contribution is 2.11. The van der Waals surface area contributed by atoms with Crippen LogP contribution in [-0.2, 0) is 9.47 Å². The maximum Gasteiger partial charge on any atom is 0.0780 e. The summed E-state index contributed by atoms with van der Waals surface area (Å²) in [4.78, 5) is 0. The molecule has 0 amide bonds. The number of hydrogen-bond acceptors (Lipinski definition) is 2. The molecule has 2 heteroatoms. The van der Waals surface area contributed by atoms with Gasteiger partial charge in [-0.2, -0.15) is 0 Å². The highest BCUT2D eigenvalue weighted by atomic mass is 16.5. The van der Waals surface area contributed by atoms with Crippen molar-refractivity contribution in [2.45, 2.75) is 104 Å². The normalized spacial score (nSPS) is 13.0. The van der Waals surface area contributed by atoms with E-state index in [0.717, 1.165) is 19.8 Å². The van der Waals surface area contributed by atoms with E-state index < -0.39 is 0 Å². The first-order chi connectivity index (χ1) is 10.7. The first kappa shape index (κ1) is 21.9. The van der Waals surface area contributed by atoms with Gasteiger partial charge in [0, 0.05) is 13.2 Å². The molecule has 0 fully saturated rings. The third-order valence-corrected chi connectivity index (χ3v) is 3.96. The van der Waals surface area contributed by atoms with Gasteiger partial charge in [-0.25, -0.2) is 0 Å². The van der Waals surface area contributed by atoms with Crippen molar-refractivity contribution in [2.24, 2.45) is 5.92 Å². The fraction of sp³-hybridized carbons (Fsp3) is 1.00. The Labute approximate surface area is 140 Å². The molecule has 0 heterocycles. The summed E-state index contributed by atoms with van der Waals surface area (Å²) < 4.78 is 11.4. The van der Waals surface area contributed by atoms with E-state index in [2.05, 4.69) is 27.7 Å². The Morgan fingerprint density at radius 3 is 1.64 bits per heavy atom. The summed E-state index contributed by atoms with van der Waals surface area (Å²) in [6.07, 6.45) is 15.5. The van der Waals surface area contributed by atoms with Crippen LogP contribution in [0.4, 0.5) is 0 Å². The van der Waals surface area contributed by atoms with Gasteiger partial charge in [0.1, 0.15) is 0 Å². The molecule has 0 aliphatic carbocycles. The molecule has 0 aromatic rings. The van der Waals surface area contributed by atoms with Gasteiger partial charge in [-0.15, -0.1) is 0 Å². The number of hydrogen-bond donors (Lipinski definition) is 0. The van der Waals surface area contributed by atoms with Gasteiger partial charge in [-0.05, 0) is 19.3 Å². The van der Waals surface area contributed by atoms with Gasteiger partial charge < -0.3 is 9.47 Å². The maximum atomic E-state index is 5.69. The largest absolute Gasteiger partial charge is 0.379 e. The zero-order valence-electron chi connectivity index (χ0n) is 15.9. The molecular weight excluding hydrogens is 272 g/mol. The van der Waals surface area contributed by atoms with E-state index in [1.807, 2.05) is 0 Å². The Hall–Kier alpha value is -0.0800. The zero-order chi connectivity index (χ0) is 16.5. The van der Waals surface area contributed by atoms with Crippen LogP contribution in [0.25, 0.3) is 0 Å². The molecule has 2 nitrogen and oxygen atoms in total. The minimum Gasteiger partial charge on any atom is -0.379 e. The van der Waals surface area contributed by atoms with Crippen LogP contribution in [0.15, 0.2) is 0 Å². The molecule has 0 radical (unpaired) electrons. The average Bonchev–Trinajstić information content (AvgIpc) is 2.49. The van der Waals surface area contributed by atoms with E-state index in [9.17, 15) is 0 Å². The second-order valence-corrected chi connectivity index (χ2v) is 7.15. The predicted molar refractivity (Wildman–Crippen MR) is 97.5 cm³/mol. The van der Waals surface area contributed by atoms with E-state index in [-0.39, 0.29) is 6.10 Å². The predicted octanol–water partition coefficient (Wildman–Crippen LogP) is 6.38. The Kier molecular flexibility index (Phi) is 17.2. The quantitative estimate of drug-likeness (QED) is 0.290. The first-order valence-electron chi connectivity index (χ1n) is 9.86. The molecule has 0 bridgehead atoms. The molecule has 0 N–H and O–H groups in total. The van der Waals surface area contributed by atoms with Gasteiger partial charge in [0.15, 0.2) is 0 Å². The van der Waals surface area contributed by atoms with Crippen molar-refractivity contribution in [3.05, 3.63) is 0 Å². The summed E-state index contributed by atoms with van der Waals surface area (Å²) in [7, 11) is 0. The Morgan fingerprint density at radius 1 is 0.636 bits per heavy atom. The minimum absolute atomic E-state index is 0.232. The lowest BCUT2D eigenvalue weighted by atomic mass is 10.1. The van der Waals surface area contributed by atoms with E-state index in [4.69, 9.17) is 9.47 Å². The Morgan fingerprint density at radius 2 is 1.14 bits per heavy atom. The van der Waals surface area contributed by atoms with Gasteiger partial charge >= 0.3 is 0 Å². The summed E-state index contributed by atoms with van der Waals surface area (Å²) in [6, 6.07) is 0. The molecule has 22 heavy (non-hydrogen) atoms. The average molecular weight is 315 g/mol. The van der Waals surface area contributed by atoms with E-state index >= 15 is 0 Å². The van der Waals surface area contributed by atoms with E-state index in [1.165, 1.54) is 70.6 Å². The smallest absolute Gasteiger partial charge is 0.0780 e. The standard InChI is InChI=1S/C20H42O2/c1-5-6-7-8-9-10-11-12-13-14-15-16-21-18-20(4)22-17-19(2)3/h19-20H,5-18H2,1-4H3. The lowest BCUT2D eigenvalue weighted by Gasteiger charge is -2.14. The van der Waals surface area contributed by atoms with E-state index in [1.54, 1.807) is 0 Å². The topological polar surface area (TPSA) is 18.5 Å². The summed E-state index contributed by atoms with van der Waals surface area (Å²) >= 11 is 0. The Bertz CT molecular complexity index is 204. The third kappa shape index (κ3) is 18.0. The van der Waals surface area contributed by atoms with Crippen molar-refractivity contribution in [1.82, 2.24) is 0 Å². The lowest BCUT2D eigenvalue weighted by Crippen LogP contribution is -2.18. The lowest BCUT2D eigenvalue weighted by molar-refractivity contribution is -0.0167. The van der Waals surface area contributed by atoms with Crippen molar-refractivity contribution in [3.63, 3.8) is 0 Å². The fourth-order valence-corrected chi connectivity index (χ4v) is 2.52. The van der Waals surface area contributed by atoms with Crippen LogP contribution >= 0.6 is 0 Å². The second-order valence-electron chi connectivity index (χ2n) is 7.15. The van der Waals surface area contributed by atoms with Crippen LogP contribution in [0.3, 0.4) is 0 Å². The summed E-state index contributed by atoms with van der Waals surface area (Å²) in [5, 5.41) is 0. The Balaban J connectivity index is 3.08. The molecular formula is C20H42O2. The fourth-order valence-electron chi connectivity index (χ4n) is 2.52. The summed E-state index contributed by atoms with van der Waals surface area (Å²) in [6.45, 7) is 11.2. The van der Waals surface area contributed by atoms with Gasteiger partial charge in [0.25, 0.3) is 0 Å². The van der Waals surface area contributed by atoms with Crippen LogP contribution in [0, 0.1) is 5.92 Å². The van der Waals surface area contributed by atoms with Gasteiger partial charge in [-0.1, -0.05) is 85.0 Å². The van der Waals surface area contributed by atoms with Crippen molar-refractivity contribution >= 4 is 0 Å². The third-order valence-electron chi connectivity index (χ3n) is 3.96. The van der Waals surface area contributed by atoms with Crippen molar-refractivity contribution in [1.29, 1.82) is 0 Å². The van der Waals surface area contributed by atoms with Crippen LogP contribution in [-0.4, -0.2) is 25.9 Å². The van der Waals surface area contributed by atoms with Crippen molar-refractivity contribution in [3.8, 4) is 0 Å². The SMILES string of the molecule is CCCCCCCCCCCCCOCC(C)OCC(C)C. The van der Waals surface area contributed by atoms with E-state index in [0.29, 0.717) is 5.92 Å². The molecule has 0 spiro atoms. The summed E-state index contributed by atoms with van der Waals surface area (Å²) in [5.41, 5.74) is 0. The molecule has 0 aliphatic rings. The highest BCUT2D eigenvalue weighted by molar-refractivity contribution is 4.51. The second kappa shape index (κ2) is 17.3. The first-order valence-corrected chi connectivity index (χ1v) is 9.86. The molecule has 0 saturated heterocycles. The molecule has 1 unspecified atom stereocenters. The molecule has 134 valence electrons. The highest BCUT2D eigenvalue weighted by Gasteiger charge is 2.03. The van der Waals surface area contributed by atoms with Crippen LogP contribution in [0.2, 0.25) is 0 Å². The number of ether oxygens (including phenoxy) is 2. The van der Waals surface area contributed by atoms with Gasteiger partial charge in [0.2, 0.25) is 0 Å². The monoisotopic (exact) mass is 314 g/mol. The van der Waals surface area contributed by atoms with Crippen molar-refractivity contribution in [2.75, 3.05) is 19.8 Å². The zero-order valence-corrected chi connectivity index (χ0v) is 15.9.